The summed E-state index contributed by atoms with van der Waals surface area (Å²) in [6.07, 6.45) is 1.70. The van der Waals surface area contributed by atoms with Crippen LogP contribution in [0.4, 0.5) is 0 Å². The quantitative estimate of drug-likeness (QED) is 0.318. The molecule has 35 heavy (non-hydrogen) atoms. The fourth-order valence-corrected chi connectivity index (χ4v) is 3.94. The summed E-state index contributed by atoms with van der Waals surface area (Å²) in [5.41, 5.74) is 4.20. The topological polar surface area (TPSA) is 70.4 Å². The van der Waals surface area contributed by atoms with Crippen LogP contribution in [0.25, 0.3) is 6.08 Å². The van der Waals surface area contributed by atoms with E-state index in [4.69, 9.17) is 16.3 Å². The van der Waals surface area contributed by atoms with Gasteiger partial charge in [-0.2, -0.15) is 5.26 Å². The van der Waals surface area contributed by atoms with E-state index >= 15 is 0 Å². The van der Waals surface area contributed by atoms with E-state index in [2.05, 4.69) is 0 Å². The van der Waals surface area contributed by atoms with Gasteiger partial charge in [-0.05, 0) is 54.8 Å². The molecule has 0 atom stereocenters. The maximum atomic E-state index is 13.3. The highest BCUT2D eigenvalue weighted by atomic mass is 35.5. The van der Waals surface area contributed by atoms with Crippen LogP contribution in [0.5, 0.6) is 5.75 Å². The Hall–Kier alpha value is -4.14. The van der Waals surface area contributed by atoms with Gasteiger partial charge in [0.05, 0.1) is 6.54 Å². The van der Waals surface area contributed by atoms with Crippen LogP contribution in [0.3, 0.4) is 0 Å². The summed E-state index contributed by atoms with van der Waals surface area (Å²) >= 11 is 6.18. The Morgan fingerprint density at radius 3 is 2.29 bits per heavy atom. The Kier molecular flexibility index (Phi) is 7.14. The van der Waals surface area contributed by atoms with Crippen molar-refractivity contribution < 1.29 is 14.3 Å². The lowest BCUT2D eigenvalue weighted by Gasteiger charge is -2.27. The molecule has 1 aliphatic rings. The maximum absolute atomic E-state index is 13.3. The first-order valence-electron chi connectivity index (χ1n) is 11.1. The monoisotopic (exact) mass is 482 g/mol. The number of amides is 2. The lowest BCUT2D eigenvalue weighted by Crippen LogP contribution is -2.42. The van der Waals surface area contributed by atoms with Gasteiger partial charge in [-0.25, -0.2) is 0 Å². The van der Waals surface area contributed by atoms with Crippen LogP contribution in [0.15, 0.2) is 89.5 Å². The second kappa shape index (κ2) is 10.4. The number of imide groups is 1. The Morgan fingerprint density at radius 2 is 1.63 bits per heavy atom. The van der Waals surface area contributed by atoms with Gasteiger partial charge in [0.2, 0.25) is 0 Å². The van der Waals surface area contributed by atoms with Crippen molar-refractivity contribution in [2.24, 2.45) is 0 Å². The van der Waals surface area contributed by atoms with Crippen molar-refractivity contribution in [2.45, 2.75) is 27.0 Å². The predicted molar refractivity (Wildman–Crippen MR) is 135 cm³/mol. The zero-order chi connectivity index (χ0) is 24.9. The minimum atomic E-state index is -0.573. The molecule has 3 aromatic rings. The van der Waals surface area contributed by atoms with E-state index in [1.54, 1.807) is 25.1 Å². The Balaban J connectivity index is 1.57. The summed E-state index contributed by atoms with van der Waals surface area (Å²) in [4.78, 5) is 27.3. The normalized spacial score (nSPS) is 14.9. The van der Waals surface area contributed by atoms with Crippen LogP contribution in [0.1, 0.15) is 29.2 Å². The number of nitrogens with zero attached hydrogens (tertiary/aromatic N) is 2. The van der Waals surface area contributed by atoms with Crippen LogP contribution in [-0.2, 0) is 22.7 Å². The number of carbonyl (C=O) groups excluding carboxylic acids is 2. The van der Waals surface area contributed by atoms with Crippen LogP contribution in [0.2, 0.25) is 5.02 Å². The van der Waals surface area contributed by atoms with Crippen molar-refractivity contribution in [3.05, 3.63) is 117 Å². The van der Waals surface area contributed by atoms with E-state index in [1.165, 1.54) is 0 Å². The van der Waals surface area contributed by atoms with Crippen molar-refractivity contribution in [3.63, 3.8) is 0 Å². The average molecular weight is 483 g/mol. The van der Waals surface area contributed by atoms with Gasteiger partial charge in [-0.1, -0.05) is 71.8 Å². The molecule has 1 aliphatic heterocycles. The summed E-state index contributed by atoms with van der Waals surface area (Å²) < 4.78 is 5.82. The van der Waals surface area contributed by atoms with Crippen molar-refractivity contribution in [3.8, 4) is 11.8 Å². The molecule has 0 aromatic heterocycles. The lowest BCUT2D eigenvalue weighted by molar-refractivity contribution is -0.141. The van der Waals surface area contributed by atoms with Gasteiger partial charge in [0.15, 0.2) is 0 Å². The van der Waals surface area contributed by atoms with E-state index in [1.807, 2.05) is 73.7 Å². The van der Waals surface area contributed by atoms with Crippen LogP contribution >= 0.6 is 11.6 Å². The zero-order valence-corrected chi connectivity index (χ0v) is 20.2. The van der Waals surface area contributed by atoms with Crippen LogP contribution in [-0.4, -0.2) is 16.7 Å². The molecule has 0 radical (unpaired) electrons. The van der Waals surface area contributed by atoms with Gasteiger partial charge in [0.25, 0.3) is 11.8 Å². The first kappa shape index (κ1) is 24.0. The highest BCUT2D eigenvalue weighted by Gasteiger charge is 2.35. The first-order chi connectivity index (χ1) is 16.9. The standard InChI is InChI=1S/C29H23ClN2O3/c1-19-7-9-22(10-8-19)17-32-28(33)25(20(2)26(16-31)29(32)34)15-21-11-13-24(14-12-21)35-18-23-5-3-4-6-27(23)30/h3-15H,17-18H2,1-2H3/b25-15+. The Morgan fingerprint density at radius 1 is 0.943 bits per heavy atom. The minimum absolute atomic E-state index is 0.0253. The fourth-order valence-electron chi connectivity index (χ4n) is 3.75. The molecule has 0 unspecified atom stereocenters. The van der Waals surface area contributed by atoms with E-state index < -0.39 is 11.8 Å². The van der Waals surface area contributed by atoms with Crippen molar-refractivity contribution >= 4 is 29.5 Å². The molecule has 0 fully saturated rings. The molecule has 6 heteroatoms. The van der Waals surface area contributed by atoms with E-state index in [0.717, 1.165) is 27.2 Å². The fraction of sp³-hybridized carbons (Fsp3) is 0.138. The van der Waals surface area contributed by atoms with Gasteiger partial charge >= 0.3 is 0 Å². The number of nitriles is 1. The highest BCUT2D eigenvalue weighted by Crippen LogP contribution is 2.29. The Labute approximate surface area is 209 Å². The predicted octanol–water partition coefficient (Wildman–Crippen LogP) is 6.02. The molecule has 174 valence electrons. The number of halogens is 1. The number of carbonyl (C=O) groups is 2. The summed E-state index contributed by atoms with van der Waals surface area (Å²) in [7, 11) is 0. The van der Waals surface area contributed by atoms with E-state index in [0.29, 0.717) is 28.5 Å². The van der Waals surface area contributed by atoms with Gasteiger partial charge in [0, 0.05) is 16.2 Å². The lowest BCUT2D eigenvalue weighted by atomic mass is 9.93. The van der Waals surface area contributed by atoms with Gasteiger partial charge in [0.1, 0.15) is 24.0 Å². The SMILES string of the molecule is CC1=C(C#N)C(=O)N(Cc2ccc(C)cc2)C(=O)/C1=C/c1ccc(OCc2ccccc2Cl)cc1. The third-order valence-electron chi connectivity index (χ3n) is 5.83. The molecular formula is C29H23ClN2O3. The number of benzene rings is 3. The van der Waals surface area contributed by atoms with Crippen molar-refractivity contribution in [1.82, 2.24) is 4.90 Å². The molecule has 0 aliphatic carbocycles. The molecule has 4 rings (SSSR count). The first-order valence-corrected chi connectivity index (χ1v) is 11.5. The molecular weight excluding hydrogens is 460 g/mol. The molecule has 3 aromatic carbocycles. The number of rotatable bonds is 6. The second-order valence-corrected chi connectivity index (χ2v) is 8.71. The van der Waals surface area contributed by atoms with E-state index in [-0.39, 0.29) is 12.1 Å². The molecule has 0 saturated carbocycles. The third-order valence-corrected chi connectivity index (χ3v) is 6.20. The van der Waals surface area contributed by atoms with Crippen molar-refractivity contribution in [2.75, 3.05) is 0 Å². The Bertz CT molecular complexity index is 1380. The van der Waals surface area contributed by atoms with Crippen molar-refractivity contribution in [1.29, 1.82) is 5.26 Å². The molecule has 1 heterocycles. The second-order valence-electron chi connectivity index (χ2n) is 8.30. The van der Waals surface area contributed by atoms with Gasteiger partial charge < -0.3 is 4.74 Å². The highest BCUT2D eigenvalue weighted by molar-refractivity contribution is 6.31. The average Bonchev–Trinajstić information content (AvgIpc) is 2.86. The number of hydrogen-bond acceptors (Lipinski definition) is 4. The zero-order valence-electron chi connectivity index (χ0n) is 19.4. The summed E-state index contributed by atoms with van der Waals surface area (Å²) in [5.74, 6) is -0.342. The molecule has 2 amide bonds. The summed E-state index contributed by atoms with van der Waals surface area (Å²) in [6, 6.07) is 24.3. The summed E-state index contributed by atoms with van der Waals surface area (Å²) in [5, 5.41) is 10.3. The molecule has 5 nitrogen and oxygen atoms in total. The molecule has 0 spiro atoms. The number of ether oxygens (including phenoxy) is 1. The smallest absolute Gasteiger partial charge is 0.271 e. The minimum Gasteiger partial charge on any atom is -0.489 e. The summed E-state index contributed by atoms with van der Waals surface area (Å²) in [6.45, 7) is 4.03. The number of aryl methyl sites for hydroxylation is 1. The van der Waals surface area contributed by atoms with E-state index in [9.17, 15) is 14.9 Å². The van der Waals surface area contributed by atoms with Crippen LogP contribution < -0.4 is 4.74 Å². The maximum Gasteiger partial charge on any atom is 0.271 e. The molecule has 0 saturated heterocycles. The van der Waals surface area contributed by atoms with Gasteiger partial charge in [-0.15, -0.1) is 0 Å². The third kappa shape index (κ3) is 5.34. The van der Waals surface area contributed by atoms with Crippen LogP contribution in [0, 0.1) is 18.3 Å². The number of hydrogen-bond donors (Lipinski definition) is 0. The van der Waals surface area contributed by atoms with Gasteiger partial charge in [-0.3, -0.25) is 14.5 Å². The molecule has 0 N–H and O–H groups in total. The molecule has 0 bridgehead atoms. The largest absolute Gasteiger partial charge is 0.489 e.